The Morgan fingerprint density at radius 3 is 2.33 bits per heavy atom. The van der Waals surface area contributed by atoms with Gasteiger partial charge in [-0.2, -0.15) is 0 Å². The zero-order valence-electron chi connectivity index (χ0n) is 8.95. The SMILES string of the molecule is Cl.NC(CC(F)F)c1cccc(OC(F)(F)F)c1. The molecular formula is C10H11ClF5NO. The number of hydrogen-bond donors (Lipinski definition) is 1. The van der Waals surface area contributed by atoms with Gasteiger partial charge in [0.1, 0.15) is 5.75 Å². The zero-order valence-corrected chi connectivity index (χ0v) is 9.77. The predicted molar refractivity (Wildman–Crippen MR) is 57.9 cm³/mol. The number of hydrogen-bond acceptors (Lipinski definition) is 2. The van der Waals surface area contributed by atoms with E-state index in [1.54, 1.807) is 0 Å². The van der Waals surface area contributed by atoms with Crippen LogP contribution in [0, 0.1) is 0 Å². The minimum Gasteiger partial charge on any atom is -0.406 e. The number of nitrogens with two attached hydrogens (primary N) is 1. The van der Waals surface area contributed by atoms with E-state index >= 15 is 0 Å². The zero-order chi connectivity index (χ0) is 13.1. The van der Waals surface area contributed by atoms with E-state index in [9.17, 15) is 22.0 Å². The predicted octanol–water partition coefficient (Wildman–Crippen LogP) is 3.66. The Morgan fingerprint density at radius 2 is 1.83 bits per heavy atom. The van der Waals surface area contributed by atoms with E-state index in [2.05, 4.69) is 4.74 Å². The summed E-state index contributed by atoms with van der Waals surface area (Å²) in [5, 5.41) is 0. The first-order chi connectivity index (χ1) is 7.78. The molecule has 0 aliphatic carbocycles. The first kappa shape index (κ1) is 16.9. The fraction of sp³-hybridized carbons (Fsp3) is 0.400. The van der Waals surface area contributed by atoms with E-state index in [1.165, 1.54) is 12.1 Å². The van der Waals surface area contributed by atoms with Crippen LogP contribution < -0.4 is 10.5 Å². The Kier molecular flexibility index (Phi) is 6.34. The second-order valence-electron chi connectivity index (χ2n) is 3.35. The molecule has 0 aliphatic heterocycles. The number of alkyl halides is 5. The van der Waals surface area contributed by atoms with Gasteiger partial charge in [-0.1, -0.05) is 12.1 Å². The van der Waals surface area contributed by atoms with Crippen LogP contribution in [0.3, 0.4) is 0 Å². The summed E-state index contributed by atoms with van der Waals surface area (Å²) in [6.45, 7) is 0. The maximum absolute atomic E-state index is 12.1. The van der Waals surface area contributed by atoms with Crippen LogP contribution in [-0.4, -0.2) is 12.8 Å². The van der Waals surface area contributed by atoms with Gasteiger partial charge < -0.3 is 10.5 Å². The Labute approximate surface area is 106 Å². The molecule has 18 heavy (non-hydrogen) atoms. The molecule has 0 bridgehead atoms. The van der Waals surface area contributed by atoms with Crippen LogP contribution in [0.2, 0.25) is 0 Å². The number of benzene rings is 1. The molecule has 104 valence electrons. The van der Waals surface area contributed by atoms with Crippen molar-refractivity contribution in [2.45, 2.75) is 25.3 Å². The molecule has 1 rings (SSSR count). The third-order valence-corrected chi connectivity index (χ3v) is 1.95. The van der Waals surface area contributed by atoms with Crippen molar-refractivity contribution < 1.29 is 26.7 Å². The molecule has 2 nitrogen and oxygen atoms in total. The Bertz CT molecular complexity index is 372. The van der Waals surface area contributed by atoms with Crippen molar-refractivity contribution in [1.82, 2.24) is 0 Å². The molecule has 1 aromatic carbocycles. The number of halogens is 6. The molecule has 2 N–H and O–H groups in total. The van der Waals surface area contributed by atoms with Crippen molar-refractivity contribution in [3.63, 3.8) is 0 Å². The highest BCUT2D eigenvalue weighted by Gasteiger charge is 2.31. The first-order valence-corrected chi connectivity index (χ1v) is 4.67. The Morgan fingerprint density at radius 1 is 1.22 bits per heavy atom. The first-order valence-electron chi connectivity index (χ1n) is 4.67. The quantitative estimate of drug-likeness (QED) is 0.859. The topological polar surface area (TPSA) is 35.2 Å². The summed E-state index contributed by atoms with van der Waals surface area (Å²) in [5.41, 5.74) is 5.58. The van der Waals surface area contributed by atoms with Crippen molar-refractivity contribution in [3.05, 3.63) is 29.8 Å². The number of ether oxygens (including phenoxy) is 1. The second kappa shape index (κ2) is 6.75. The van der Waals surface area contributed by atoms with Crippen molar-refractivity contribution in [2.24, 2.45) is 5.73 Å². The van der Waals surface area contributed by atoms with Gasteiger partial charge in [0, 0.05) is 12.5 Å². The third-order valence-electron chi connectivity index (χ3n) is 1.95. The smallest absolute Gasteiger partial charge is 0.406 e. The van der Waals surface area contributed by atoms with Crippen molar-refractivity contribution in [2.75, 3.05) is 0 Å². The van der Waals surface area contributed by atoms with E-state index < -0.39 is 31.0 Å². The third kappa shape index (κ3) is 6.02. The Balaban J connectivity index is 0.00000289. The van der Waals surface area contributed by atoms with Crippen LogP contribution in [0.15, 0.2) is 24.3 Å². The lowest BCUT2D eigenvalue weighted by Gasteiger charge is -2.14. The van der Waals surface area contributed by atoms with Crippen LogP contribution >= 0.6 is 12.4 Å². The molecule has 0 fully saturated rings. The lowest BCUT2D eigenvalue weighted by molar-refractivity contribution is -0.274. The van der Waals surface area contributed by atoms with Gasteiger partial charge in [0.2, 0.25) is 6.43 Å². The summed E-state index contributed by atoms with van der Waals surface area (Å²) >= 11 is 0. The average Bonchev–Trinajstić information content (AvgIpc) is 2.14. The number of rotatable bonds is 4. The van der Waals surface area contributed by atoms with Gasteiger partial charge in [0.25, 0.3) is 0 Å². The highest BCUT2D eigenvalue weighted by molar-refractivity contribution is 5.85. The summed E-state index contributed by atoms with van der Waals surface area (Å²) < 4.78 is 63.5. The standard InChI is InChI=1S/C10H10F5NO.ClH/c11-9(12)5-8(16)6-2-1-3-7(4-6)17-10(13,14)15;/h1-4,8-9H,5,16H2;1H. The van der Waals surface area contributed by atoms with Gasteiger partial charge in [0.05, 0.1) is 0 Å². The highest BCUT2D eigenvalue weighted by atomic mass is 35.5. The molecule has 0 aliphatic rings. The lowest BCUT2D eigenvalue weighted by atomic mass is 10.0. The van der Waals surface area contributed by atoms with E-state index in [0.29, 0.717) is 0 Å². The van der Waals surface area contributed by atoms with E-state index in [0.717, 1.165) is 12.1 Å². The van der Waals surface area contributed by atoms with Gasteiger partial charge in [-0.25, -0.2) is 8.78 Å². The van der Waals surface area contributed by atoms with Crippen LogP contribution in [0.4, 0.5) is 22.0 Å². The fourth-order valence-electron chi connectivity index (χ4n) is 1.27. The van der Waals surface area contributed by atoms with Crippen LogP contribution in [0.1, 0.15) is 18.0 Å². The van der Waals surface area contributed by atoms with Crippen LogP contribution in [-0.2, 0) is 0 Å². The van der Waals surface area contributed by atoms with Gasteiger partial charge in [0.15, 0.2) is 0 Å². The van der Waals surface area contributed by atoms with Crippen molar-refractivity contribution >= 4 is 12.4 Å². The molecule has 0 radical (unpaired) electrons. The molecule has 0 aromatic heterocycles. The molecule has 8 heteroatoms. The summed E-state index contributed by atoms with van der Waals surface area (Å²) in [7, 11) is 0. The summed E-state index contributed by atoms with van der Waals surface area (Å²) in [6.07, 6.45) is -8.04. The summed E-state index contributed by atoms with van der Waals surface area (Å²) in [6, 6.07) is 3.69. The van der Waals surface area contributed by atoms with Gasteiger partial charge in [-0.05, 0) is 17.7 Å². The van der Waals surface area contributed by atoms with Crippen LogP contribution in [0.25, 0.3) is 0 Å². The average molecular weight is 292 g/mol. The van der Waals surface area contributed by atoms with Crippen LogP contribution in [0.5, 0.6) is 5.75 Å². The van der Waals surface area contributed by atoms with Gasteiger partial charge in [-0.3, -0.25) is 0 Å². The molecule has 1 atom stereocenters. The second-order valence-corrected chi connectivity index (χ2v) is 3.35. The maximum atomic E-state index is 12.1. The molecule has 0 spiro atoms. The molecule has 0 saturated carbocycles. The molecule has 0 saturated heterocycles. The monoisotopic (exact) mass is 291 g/mol. The fourth-order valence-corrected chi connectivity index (χ4v) is 1.27. The normalized spacial score (nSPS) is 13.1. The largest absolute Gasteiger partial charge is 0.573 e. The molecule has 1 aromatic rings. The molecule has 1 unspecified atom stereocenters. The lowest BCUT2D eigenvalue weighted by Crippen LogP contribution is -2.18. The van der Waals surface area contributed by atoms with E-state index in [-0.39, 0.29) is 18.0 Å². The van der Waals surface area contributed by atoms with Gasteiger partial charge >= 0.3 is 6.36 Å². The molecule has 0 heterocycles. The minimum atomic E-state index is -4.81. The molecular weight excluding hydrogens is 281 g/mol. The molecule has 0 amide bonds. The van der Waals surface area contributed by atoms with Crippen molar-refractivity contribution in [1.29, 1.82) is 0 Å². The maximum Gasteiger partial charge on any atom is 0.573 e. The van der Waals surface area contributed by atoms with E-state index in [4.69, 9.17) is 5.73 Å². The van der Waals surface area contributed by atoms with E-state index in [1.807, 2.05) is 0 Å². The van der Waals surface area contributed by atoms with Gasteiger partial charge in [-0.15, -0.1) is 25.6 Å². The summed E-state index contributed by atoms with van der Waals surface area (Å²) in [5.74, 6) is -0.472. The summed E-state index contributed by atoms with van der Waals surface area (Å²) in [4.78, 5) is 0. The highest BCUT2D eigenvalue weighted by Crippen LogP contribution is 2.26. The Hall–Kier alpha value is -1.08. The minimum absolute atomic E-state index is 0. The van der Waals surface area contributed by atoms with Crippen molar-refractivity contribution in [3.8, 4) is 5.75 Å².